The number of hydrogen-bond donors (Lipinski definition) is 0. The van der Waals surface area contributed by atoms with Crippen LogP contribution in [0, 0.1) is 0 Å². The van der Waals surface area contributed by atoms with Gasteiger partial charge in [0.1, 0.15) is 6.10 Å². The Kier molecular flexibility index (Phi) is 4.35. The van der Waals surface area contributed by atoms with Crippen LogP contribution in [0.1, 0.15) is 22.8 Å². The van der Waals surface area contributed by atoms with Crippen LogP contribution in [-0.4, -0.2) is 19.0 Å². The van der Waals surface area contributed by atoms with E-state index in [-0.39, 0.29) is 5.56 Å². The lowest BCUT2D eigenvalue weighted by atomic mass is 10.0. The summed E-state index contributed by atoms with van der Waals surface area (Å²) < 4.78 is 69.6. The van der Waals surface area contributed by atoms with Gasteiger partial charge in [-0.05, 0) is 29.2 Å². The van der Waals surface area contributed by atoms with Crippen molar-refractivity contribution in [1.29, 1.82) is 0 Å². The quantitative estimate of drug-likeness (QED) is 0.804. The van der Waals surface area contributed by atoms with Crippen LogP contribution in [0.5, 0.6) is 0 Å². The average Bonchev–Trinajstić information content (AvgIpc) is 2.87. The van der Waals surface area contributed by atoms with Crippen molar-refractivity contribution < 1.29 is 25.8 Å². The minimum Gasteiger partial charge on any atom is -0.257 e. The molecule has 9 heteroatoms. The second-order valence-corrected chi connectivity index (χ2v) is 6.52. The molecule has 4 nitrogen and oxygen atoms in total. The smallest absolute Gasteiger partial charge is 0.257 e. The van der Waals surface area contributed by atoms with Gasteiger partial charge in [-0.1, -0.05) is 12.1 Å². The summed E-state index contributed by atoms with van der Waals surface area (Å²) in [4.78, 5) is 0. The predicted octanol–water partition coefficient (Wildman–Crippen LogP) is 3.23. The monoisotopic (exact) mass is 337 g/mol. The maximum Gasteiger partial charge on any atom is 0.416 e. The fourth-order valence-electron chi connectivity index (χ4n) is 1.70. The van der Waals surface area contributed by atoms with Gasteiger partial charge in [0.05, 0.1) is 11.8 Å². The molecule has 0 saturated carbocycles. The molecule has 2 aromatic rings. The molecule has 0 saturated heterocycles. The Hall–Kier alpha value is -1.45. The summed E-state index contributed by atoms with van der Waals surface area (Å²) in [6.07, 6.45) is -3.46. The molecule has 0 aliphatic carbocycles. The predicted molar refractivity (Wildman–Crippen MR) is 71.3 cm³/mol. The van der Waals surface area contributed by atoms with Gasteiger partial charge in [-0.3, -0.25) is 4.18 Å². The molecule has 0 fully saturated rings. The van der Waals surface area contributed by atoms with E-state index in [9.17, 15) is 21.6 Å². The Morgan fingerprint density at radius 1 is 1.29 bits per heavy atom. The number of nitrogens with zero attached hydrogens (tertiary/aromatic N) is 1. The van der Waals surface area contributed by atoms with E-state index in [0.29, 0.717) is 5.56 Å². The second kappa shape index (κ2) is 5.74. The summed E-state index contributed by atoms with van der Waals surface area (Å²) in [7, 11) is -3.85. The average molecular weight is 337 g/mol. The highest BCUT2D eigenvalue weighted by Crippen LogP contribution is 2.34. The van der Waals surface area contributed by atoms with Crippen molar-refractivity contribution >= 4 is 21.7 Å². The number of alkyl halides is 3. The second-order valence-electron chi connectivity index (χ2n) is 4.26. The lowest BCUT2D eigenvalue weighted by Gasteiger charge is -2.17. The molecule has 0 spiro atoms. The van der Waals surface area contributed by atoms with Crippen LogP contribution >= 0.6 is 11.5 Å². The first-order chi connectivity index (χ1) is 9.67. The van der Waals surface area contributed by atoms with Crippen LogP contribution in [0.3, 0.4) is 0 Å². The molecule has 0 radical (unpaired) electrons. The van der Waals surface area contributed by atoms with E-state index in [0.717, 1.165) is 29.9 Å². The number of halogens is 3. The minimum atomic E-state index is -4.52. The van der Waals surface area contributed by atoms with Gasteiger partial charge in [0, 0.05) is 17.1 Å². The van der Waals surface area contributed by atoms with Gasteiger partial charge in [0.2, 0.25) is 0 Å². The maximum absolute atomic E-state index is 12.7. The first-order valence-electron chi connectivity index (χ1n) is 5.61. The number of hydrogen-bond acceptors (Lipinski definition) is 5. The Balaban J connectivity index is 2.47. The van der Waals surface area contributed by atoms with Crippen molar-refractivity contribution in [3.05, 3.63) is 52.5 Å². The molecule has 1 aromatic heterocycles. The van der Waals surface area contributed by atoms with E-state index in [4.69, 9.17) is 4.18 Å². The van der Waals surface area contributed by atoms with Crippen molar-refractivity contribution in [1.82, 2.24) is 4.37 Å². The molecule has 2 rings (SSSR count). The third-order valence-corrected chi connectivity index (χ3v) is 3.69. The molecular formula is C12H10F3NO3S2. The minimum absolute atomic E-state index is 0.0930. The Bertz CT molecular complexity index is 712. The first-order valence-corrected chi connectivity index (χ1v) is 8.27. The van der Waals surface area contributed by atoms with E-state index in [2.05, 4.69) is 4.37 Å². The zero-order chi connectivity index (χ0) is 15.7. The summed E-state index contributed by atoms with van der Waals surface area (Å²) in [6.45, 7) is 0. The zero-order valence-corrected chi connectivity index (χ0v) is 12.3. The molecule has 1 unspecified atom stereocenters. The molecule has 1 aromatic carbocycles. The van der Waals surface area contributed by atoms with Crippen molar-refractivity contribution in [2.45, 2.75) is 12.3 Å². The summed E-state index contributed by atoms with van der Waals surface area (Å²) in [6, 6.07) is 4.36. The zero-order valence-electron chi connectivity index (χ0n) is 10.7. The maximum atomic E-state index is 12.7. The van der Waals surface area contributed by atoms with Crippen molar-refractivity contribution in [2.24, 2.45) is 0 Å². The molecule has 1 heterocycles. The number of rotatable bonds is 4. The highest BCUT2D eigenvalue weighted by atomic mass is 32.2. The van der Waals surface area contributed by atoms with Crippen LogP contribution in [0.2, 0.25) is 0 Å². The van der Waals surface area contributed by atoms with E-state index in [1.165, 1.54) is 23.7 Å². The fraction of sp³-hybridized carbons (Fsp3) is 0.250. The van der Waals surface area contributed by atoms with Crippen LogP contribution in [0.15, 0.2) is 35.8 Å². The third kappa shape index (κ3) is 4.26. The first kappa shape index (κ1) is 15.9. The van der Waals surface area contributed by atoms with Gasteiger partial charge in [-0.25, -0.2) is 4.37 Å². The summed E-state index contributed by atoms with van der Waals surface area (Å²) >= 11 is 1.05. The summed E-state index contributed by atoms with van der Waals surface area (Å²) in [5.74, 6) is 0. The summed E-state index contributed by atoms with van der Waals surface area (Å²) in [5, 5.41) is 1.52. The van der Waals surface area contributed by atoms with Gasteiger partial charge < -0.3 is 0 Å². The van der Waals surface area contributed by atoms with Gasteiger partial charge >= 0.3 is 6.18 Å². The molecule has 0 aliphatic heterocycles. The van der Waals surface area contributed by atoms with E-state index in [1.54, 1.807) is 0 Å². The normalized spacial score (nSPS) is 14.1. The standard InChI is InChI=1S/C12H10F3NO3S2/c1-21(17,18)19-11(9-6-16-20-7-9)8-3-2-4-10(5-8)12(13,14)15/h2-7,11H,1H3. The van der Waals surface area contributed by atoms with E-state index in [1.807, 2.05) is 0 Å². The molecule has 114 valence electrons. The molecule has 0 amide bonds. The van der Waals surface area contributed by atoms with Gasteiger partial charge in [0.15, 0.2) is 0 Å². The molecule has 0 N–H and O–H groups in total. The largest absolute Gasteiger partial charge is 0.416 e. The molecule has 0 aliphatic rings. The highest BCUT2D eigenvalue weighted by Gasteiger charge is 2.32. The molecule has 0 bridgehead atoms. The SMILES string of the molecule is CS(=O)(=O)OC(c1cnsc1)c1cccc(C(F)(F)F)c1. The summed E-state index contributed by atoms with van der Waals surface area (Å²) in [5.41, 5.74) is -0.398. The van der Waals surface area contributed by atoms with Crippen LogP contribution in [0.4, 0.5) is 13.2 Å². The van der Waals surface area contributed by atoms with Gasteiger partial charge in [-0.2, -0.15) is 21.6 Å². The van der Waals surface area contributed by atoms with Crippen molar-refractivity contribution in [3.8, 4) is 0 Å². The van der Waals surface area contributed by atoms with E-state index < -0.39 is 28.0 Å². The lowest BCUT2D eigenvalue weighted by molar-refractivity contribution is -0.137. The van der Waals surface area contributed by atoms with Crippen LogP contribution in [0.25, 0.3) is 0 Å². The van der Waals surface area contributed by atoms with Gasteiger partial charge in [0.25, 0.3) is 10.1 Å². The Morgan fingerprint density at radius 2 is 2.00 bits per heavy atom. The highest BCUT2D eigenvalue weighted by molar-refractivity contribution is 7.86. The van der Waals surface area contributed by atoms with Gasteiger partial charge in [-0.15, -0.1) is 0 Å². The third-order valence-electron chi connectivity index (χ3n) is 2.54. The Labute approximate surface area is 123 Å². The van der Waals surface area contributed by atoms with Crippen molar-refractivity contribution in [2.75, 3.05) is 6.26 Å². The number of aromatic nitrogens is 1. The van der Waals surface area contributed by atoms with Crippen LogP contribution < -0.4 is 0 Å². The molecule has 21 heavy (non-hydrogen) atoms. The van der Waals surface area contributed by atoms with E-state index >= 15 is 0 Å². The molecule has 1 atom stereocenters. The molecular weight excluding hydrogens is 327 g/mol. The topological polar surface area (TPSA) is 56.3 Å². The lowest BCUT2D eigenvalue weighted by Crippen LogP contribution is -2.13. The van der Waals surface area contributed by atoms with Crippen molar-refractivity contribution in [3.63, 3.8) is 0 Å². The van der Waals surface area contributed by atoms with Crippen LogP contribution in [-0.2, 0) is 20.5 Å². The fourth-order valence-corrected chi connectivity index (χ4v) is 2.82. The Morgan fingerprint density at radius 3 is 2.52 bits per heavy atom. The number of benzene rings is 1.